The van der Waals surface area contributed by atoms with Gasteiger partial charge in [0.25, 0.3) is 0 Å². The fraction of sp³-hybridized carbons (Fsp3) is 0.400. The van der Waals surface area contributed by atoms with E-state index in [-0.39, 0.29) is 25.4 Å². The quantitative estimate of drug-likeness (QED) is 0.416. The van der Waals surface area contributed by atoms with Crippen LogP contribution in [0.3, 0.4) is 0 Å². The average Bonchev–Trinajstić information content (AvgIpc) is 3.06. The molecule has 0 saturated heterocycles. The van der Waals surface area contributed by atoms with Crippen molar-refractivity contribution in [2.75, 3.05) is 34.5 Å². The van der Waals surface area contributed by atoms with Gasteiger partial charge in [-0.2, -0.15) is 0 Å². The van der Waals surface area contributed by atoms with Gasteiger partial charge < -0.3 is 34.4 Å². The number of ether oxygens (including phenoxy) is 4. The monoisotopic (exact) mass is 484 g/mol. The van der Waals surface area contributed by atoms with Crippen LogP contribution >= 0.6 is 15.9 Å². The summed E-state index contributed by atoms with van der Waals surface area (Å²) < 4.78 is 22.1. The van der Waals surface area contributed by atoms with Crippen LogP contribution in [0.15, 0.2) is 16.6 Å². The summed E-state index contributed by atoms with van der Waals surface area (Å²) in [6, 6.07) is 3.50. The molecule has 30 heavy (non-hydrogen) atoms. The molecule has 164 valence electrons. The number of rotatable bonds is 11. The van der Waals surface area contributed by atoms with Gasteiger partial charge in [0.1, 0.15) is 5.69 Å². The van der Waals surface area contributed by atoms with Gasteiger partial charge in [0.2, 0.25) is 5.75 Å². The number of carboxylic acids is 1. The van der Waals surface area contributed by atoms with Crippen molar-refractivity contribution in [3.05, 3.63) is 28.0 Å². The minimum absolute atomic E-state index is 0.165. The minimum atomic E-state index is -0.992. The van der Waals surface area contributed by atoms with E-state index in [2.05, 4.69) is 26.2 Å². The number of carboxylic acid groups (broad SMARTS) is 1. The molecule has 0 aliphatic carbocycles. The molecule has 2 rings (SSSR count). The molecule has 0 atom stereocenters. The first-order valence-electron chi connectivity index (χ1n) is 9.18. The first-order valence-corrected chi connectivity index (χ1v) is 9.98. The highest BCUT2D eigenvalue weighted by Gasteiger charge is 2.27. The summed E-state index contributed by atoms with van der Waals surface area (Å²) in [5.74, 6) is -0.227. The number of aromatic nitrogens is 1. The van der Waals surface area contributed by atoms with Gasteiger partial charge in [0.15, 0.2) is 11.5 Å². The number of aliphatic carboxylic acids is 1. The van der Waals surface area contributed by atoms with Crippen LogP contribution in [0.1, 0.15) is 29.5 Å². The van der Waals surface area contributed by atoms with Crippen LogP contribution in [0.2, 0.25) is 0 Å². The van der Waals surface area contributed by atoms with Crippen LogP contribution in [0.25, 0.3) is 11.1 Å². The van der Waals surface area contributed by atoms with E-state index >= 15 is 0 Å². The maximum absolute atomic E-state index is 12.5. The van der Waals surface area contributed by atoms with Gasteiger partial charge in [-0.05, 0) is 34.5 Å². The standard InChI is InChI=1S/C20H25BrN2O7/c1-5-8-30-20(26)17-16(21)15(12(23-17)9-22-10-14(24)25)11-6-7-13(27-2)19(29-4)18(11)28-3/h6-7,22-23H,5,8-10H2,1-4H3,(H,24,25). The lowest BCUT2D eigenvalue weighted by atomic mass is 10.0. The van der Waals surface area contributed by atoms with Crippen LogP contribution in [0.5, 0.6) is 17.2 Å². The lowest BCUT2D eigenvalue weighted by molar-refractivity contribution is -0.136. The zero-order valence-corrected chi connectivity index (χ0v) is 18.8. The molecule has 0 spiro atoms. The van der Waals surface area contributed by atoms with Crippen LogP contribution in [-0.2, 0) is 16.1 Å². The number of methoxy groups -OCH3 is 3. The number of nitrogens with one attached hydrogen (secondary N) is 2. The van der Waals surface area contributed by atoms with Crippen LogP contribution in [-0.4, -0.2) is 56.5 Å². The van der Waals surface area contributed by atoms with Crippen LogP contribution in [0.4, 0.5) is 0 Å². The molecular weight excluding hydrogens is 460 g/mol. The normalized spacial score (nSPS) is 10.6. The summed E-state index contributed by atoms with van der Waals surface area (Å²) in [6.45, 7) is 2.11. The Bertz CT molecular complexity index is 911. The Hall–Kier alpha value is -2.72. The smallest absolute Gasteiger partial charge is 0.355 e. The van der Waals surface area contributed by atoms with Gasteiger partial charge in [-0.25, -0.2) is 4.79 Å². The van der Waals surface area contributed by atoms with E-state index in [1.54, 1.807) is 12.1 Å². The topological polar surface area (TPSA) is 119 Å². The molecule has 3 N–H and O–H groups in total. The number of hydrogen-bond donors (Lipinski definition) is 3. The molecule has 9 nitrogen and oxygen atoms in total. The highest BCUT2D eigenvalue weighted by Crippen LogP contribution is 2.47. The van der Waals surface area contributed by atoms with Crippen molar-refractivity contribution in [1.29, 1.82) is 0 Å². The molecule has 10 heteroatoms. The summed E-state index contributed by atoms with van der Waals surface area (Å²) in [5, 5.41) is 11.7. The molecule has 1 aromatic heterocycles. The summed E-state index contributed by atoms with van der Waals surface area (Å²) in [7, 11) is 4.52. The van der Waals surface area contributed by atoms with Crippen molar-refractivity contribution in [2.24, 2.45) is 0 Å². The van der Waals surface area contributed by atoms with Crippen LogP contribution in [0, 0.1) is 0 Å². The number of hydrogen-bond acceptors (Lipinski definition) is 7. The van der Waals surface area contributed by atoms with E-state index in [4.69, 9.17) is 24.1 Å². The zero-order valence-electron chi connectivity index (χ0n) is 17.3. The van der Waals surface area contributed by atoms with E-state index in [1.165, 1.54) is 21.3 Å². The molecule has 0 saturated carbocycles. The molecular formula is C20H25BrN2O7. The largest absolute Gasteiger partial charge is 0.493 e. The summed E-state index contributed by atoms with van der Waals surface area (Å²) >= 11 is 3.49. The third-order valence-electron chi connectivity index (χ3n) is 4.21. The van der Waals surface area contributed by atoms with Gasteiger partial charge in [-0.1, -0.05) is 6.92 Å². The van der Waals surface area contributed by atoms with E-state index < -0.39 is 11.9 Å². The van der Waals surface area contributed by atoms with Gasteiger partial charge >= 0.3 is 11.9 Å². The number of carbonyl (C=O) groups is 2. The SMILES string of the molecule is CCCOC(=O)c1[nH]c(CNCC(=O)O)c(-c2ccc(OC)c(OC)c2OC)c1Br. The third-order valence-corrected chi connectivity index (χ3v) is 5.00. The predicted molar refractivity (Wildman–Crippen MR) is 114 cm³/mol. The second-order valence-corrected chi connectivity index (χ2v) is 6.98. The molecule has 0 unspecified atom stereocenters. The molecule has 0 fully saturated rings. The van der Waals surface area contributed by atoms with Crippen molar-refractivity contribution in [3.8, 4) is 28.4 Å². The Morgan fingerprint density at radius 3 is 2.40 bits per heavy atom. The van der Waals surface area contributed by atoms with Gasteiger partial charge in [-0.15, -0.1) is 0 Å². The maximum Gasteiger partial charge on any atom is 0.355 e. The Labute approximate surface area is 182 Å². The maximum atomic E-state index is 12.5. The van der Waals surface area contributed by atoms with Crippen molar-refractivity contribution in [1.82, 2.24) is 10.3 Å². The molecule has 1 aromatic carbocycles. The summed E-state index contributed by atoms with van der Waals surface area (Å²) in [6.07, 6.45) is 0.688. The van der Waals surface area contributed by atoms with Crippen molar-refractivity contribution >= 4 is 27.9 Å². The minimum Gasteiger partial charge on any atom is -0.493 e. The number of aromatic amines is 1. The van der Waals surface area contributed by atoms with Crippen molar-refractivity contribution in [2.45, 2.75) is 19.9 Å². The fourth-order valence-electron chi connectivity index (χ4n) is 2.94. The van der Waals surface area contributed by atoms with E-state index in [1.807, 2.05) is 6.92 Å². The molecule has 0 aliphatic heterocycles. The summed E-state index contributed by atoms with van der Waals surface area (Å²) in [4.78, 5) is 26.4. The first-order chi connectivity index (χ1) is 14.4. The van der Waals surface area contributed by atoms with Crippen LogP contribution < -0.4 is 19.5 Å². The fourth-order valence-corrected chi connectivity index (χ4v) is 3.65. The van der Waals surface area contributed by atoms with E-state index in [9.17, 15) is 9.59 Å². The number of esters is 1. The second-order valence-electron chi connectivity index (χ2n) is 6.18. The molecule has 0 bridgehead atoms. The lowest BCUT2D eigenvalue weighted by Crippen LogP contribution is -2.22. The third kappa shape index (κ3) is 5.06. The van der Waals surface area contributed by atoms with E-state index in [0.717, 1.165) is 0 Å². The highest BCUT2D eigenvalue weighted by atomic mass is 79.9. The van der Waals surface area contributed by atoms with Gasteiger partial charge in [-0.3, -0.25) is 4.79 Å². The average molecular weight is 485 g/mol. The Morgan fingerprint density at radius 1 is 1.13 bits per heavy atom. The molecule has 2 aromatic rings. The number of carbonyl (C=O) groups excluding carboxylic acids is 1. The number of benzene rings is 1. The molecule has 0 amide bonds. The first kappa shape index (κ1) is 23.6. The number of halogens is 1. The van der Waals surface area contributed by atoms with Gasteiger partial charge in [0, 0.05) is 23.4 Å². The van der Waals surface area contributed by atoms with Gasteiger partial charge in [0.05, 0.1) is 39.0 Å². The highest BCUT2D eigenvalue weighted by molar-refractivity contribution is 9.10. The molecule has 0 aliphatic rings. The molecule has 1 heterocycles. The zero-order chi connectivity index (χ0) is 22.3. The van der Waals surface area contributed by atoms with E-state index in [0.29, 0.717) is 45.0 Å². The predicted octanol–water partition coefficient (Wildman–Crippen LogP) is 3.21. The lowest BCUT2D eigenvalue weighted by Gasteiger charge is -2.16. The number of H-pyrrole nitrogens is 1. The molecule has 0 radical (unpaired) electrons. The second kappa shape index (κ2) is 10.9. The Kier molecular flexibility index (Phi) is 8.55. The Morgan fingerprint density at radius 2 is 1.83 bits per heavy atom. The summed E-state index contributed by atoms with van der Waals surface area (Å²) in [5.41, 5.74) is 2.05. The van der Waals surface area contributed by atoms with Crippen molar-refractivity contribution in [3.63, 3.8) is 0 Å². The Balaban J connectivity index is 2.63. The van der Waals surface area contributed by atoms with Crippen molar-refractivity contribution < 1.29 is 33.6 Å².